The number of hydrogen-bond acceptors (Lipinski definition) is 2. The second-order valence-electron chi connectivity index (χ2n) is 2.99. The number of halogens is 3. The molecule has 0 atom stereocenters. The SMILES string of the molecule is Fc1cc(Oc2cccnc2)cc(Br)c1Cl. The highest BCUT2D eigenvalue weighted by Gasteiger charge is 2.08. The lowest BCUT2D eigenvalue weighted by Crippen LogP contribution is -1.87. The van der Waals surface area contributed by atoms with E-state index in [9.17, 15) is 4.39 Å². The molecule has 82 valence electrons. The van der Waals surface area contributed by atoms with Crippen molar-refractivity contribution in [2.45, 2.75) is 0 Å². The van der Waals surface area contributed by atoms with Crippen molar-refractivity contribution in [3.05, 3.63) is 52.0 Å². The molecule has 1 heterocycles. The maximum absolute atomic E-state index is 13.3. The van der Waals surface area contributed by atoms with Crippen molar-refractivity contribution in [3.8, 4) is 11.5 Å². The molecule has 0 aliphatic heterocycles. The molecule has 0 saturated carbocycles. The molecule has 0 amide bonds. The summed E-state index contributed by atoms with van der Waals surface area (Å²) in [5, 5.41) is 0.0403. The fourth-order valence-electron chi connectivity index (χ4n) is 1.13. The van der Waals surface area contributed by atoms with Crippen molar-refractivity contribution in [1.82, 2.24) is 4.98 Å². The van der Waals surface area contributed by atoms with Crippen LogP contribution in [0, 0.1) is 5.82 Å². The van der Waals surface area contributed by atoms with E-state index in [1.165, 1.54) is 6.07 Å². The Labute approximate surface area is 105 Å². The molecule has 0 saturated heterocycles. The van der Waals surface area contributed by atoms with Crippen LogP contribution in [0.15, 0.2) is 41.1 Å². The predicted octanol–water partition coefficient (Wildman–Crippen LogP) is 4.43. The van der Waals surface area contributed by atoms with E-state index in [1.807, 2.05) is 0 Å². The second kappa shape index (κ2) is 4.80. The van der Waals surface area contributed by atoms with E-state index in [0.717, 1.165) is 0 Å². The average molecular weight is 303 g/mol. The summed E-state index contributed by atoms with van der Waals surface area (Å²) >= 11 is 8.81. The highest BCUT2D eigenvalue weighted by molar-refractivity contribution is 9.10. The fourth-order valence-corrected chi connectivity index (χ4v) is 1.66. The molecule has 0 bridgehead atoms. The number of nitrogens with zero attached hydrogens (tertiary/aromatic N) is 1. The number of ether oxygens (including phenoxy) is 1. The molecule has 0 N–H and O–H groups in total. The van der Waals surface area contributed by atoms with Crippen LogP contribution in [-0.4, -0.2) is 4.98 Å². The Balaban J connectivity index is 2.29. The molecule has 0 unspecified atom stereocenters. The van der Waals surface area contributed by atoms with Crippen molar-refractivity contribution in [2.24, 2.45) is 0 Å². The van der Waals surface area contributed by atoms with Gasteiger partial charge in [-0.05, 0) is 34.1 Å². The summed E-state index contributed by atoms with van der Waals surface area (Å²) < 4.78 is 19.1. The minimum absolute atomic E-state index is 0.0403. The summed E-state index contributed by atoms with van der Waals surface area (Å²) in [7, 11) is 0. The van der Waals surface area contributed by atoms with Crippen LogP contribution < -0.4 is 4.74 Å². The summed E-state index contributed by atoms with van der Waals surface area (Å²) in [6.45, 7) is 0. The van der Waals surface area contributed by atoms with Gasteiger partial charge in [0.05, 0.1) is 11.2 Å². The van der Waals surface area contributed by atoms with E-state index in [2.05, 4.69) is 20.9 Å². The molecule has 1 aromatic heterocycles. The maximum atomic E-state index is 13.3. The van der Waals surface area contributed by atoms with E-state index in [0.29, 0.717) is 16.0 Å². The van der Waals surface area contributed by atoms with Gasteiger partial charge in [0, 0.05) is 16.7 Å². The molecule has 2 aromatic rings. The minimum Gasteiger partial charge on any atom is -0.456 e. The van der Waals surface area contributed by atoms with Crippen LogP contribution in [0.25, 0.3) is 0 Å². The first-order chi connectivity index (χ1) is 7.66. The number of aromatic nitrogens is 1. The summed E-state index contributed by atoms with van der Waals surface area (Å²) in [6, 6.07) is 6.28. The van der Waals surface area contributed by atoms with Gasteiger partial charge in [-0.2, -0.15) is 0 Å². The monoisotopic (exact) mass is 301 g/mol. The quantitative estimate of drug-likeness (QED) is 0.766. The Morgan fingerprint density at radius 1 is 1.31 bits per heavy atom. The van der Waals surface area contributed by atoms with Crippen LogP contribution in [0.4, 0.5) is 4.39 Å². The molecule has 0 aliphatic carbocycles. The highest BCUT2D eigenvalue weighted by atomic mass is 79.9. The predicted molar refractivity (Wildman–Crippen MR) is 63.4 cm³/mol. The van der Waals surface area contributed by atoms with Crippen LogP contribution in [0.5, 0.6) is 11.5 Å². The Bertz CT molecular complexity index is 484. The third kappa shape index (κ3) is 2.51. The van der Waals surface area contributed by atoms with E-state index in [4.69, 9.17) is 16.3 Å². The van der Waals surface area contributed by atoms with E-state index in [1.54, 1.807) is 30.6 Å². The normalized spacial score (nSPS) is 10.2. The first-order valence-corrected chi connectivity index (χ1v) is 5.56. The first-order valence-electron chi connectivity index (χ1n) is 4.39. The van der Waals surface area contributed by atoms with Gasteiger partial charge < -0.3 is 4.74 Å². The number of benzene rings is 1. The minimum atomic E-state index is -0.532. The standard InChI is InChI=1S/C11H6BrClFNO/c12-9-4-8(5-10(14)11(9)13)16-7-2-1-3-15-6-7/h1-6H. The first kappa shape index (κ1) is 11.4. The van der Waals surface area contributed by atoms with Crippen LogP contribution in [-0.2, 0) is 0 Å². The lowest BCUT2D eigenvalue weighted by Gasteiger charge is -2.06. The van der Waals surface area contributed by atoms with Gasteiger partial charge >= 0.3 is 0 Å². The zero-order chi connectivity index (χ0) is 11.5. The molecule has 0 fully saturated rings. The van der Waals surface area contributed by atoms with Crippen LogP contribution in [0.1, 0.15) is 0 Å². The molecule has 0 radical (unpaired) electrons. The van der Waals surface area contributed by atoms with E-state index >= 15 is 0 Å². The smallest absolute Gasteiger partial charge is 0.146 e. The molecule has 0 aliphatic rings. The maximum Gasteiger partial charge on any atom is 0.146 e. The fraction of sp³-hybridized carbons (Fsp3) is 0. The molecule has 0 spiro atoms. The van der Waals surface area contributed by atoms with Gasteiger partial charge in [-0.3, -0.25) is 4.98 Å². The Morgan fingerprint density at radius 2 is 2.12 bits per heavy atom. The molecular weight excluding hydrogens is 296 g/mol. The number of pyridine rings is 1. The molecule has 2 nitrogen and oxygen atoms in total. The lowest BCUT2D eigenvalue weighted by molar-refractivity contribution is 0.474. The van der Waals surface area contributed by atoms with Gasteiger partial charge in [-0.25, -0.2) is 4.39 Å². The highest BCUT2D eigenvalue weighted by Crippen LogP contribution is 2.32. The third-order valence-electron chi connectivity index (χ3n) is 1.83. The van der Waals surface area contributed by atoms with Crippen molar-refractivity contribution < 1.29 is 9.13 Å². The van der Waals surface area contributed by atoms with E-state index in [-0.39, 0.29) is 5.02 Å². The summed E-state index contributed by atoms with van der Waals surface area (Å²) in [6.07, 6.45) is 3.17. The zero-order valence-corrected chi connectivity index (χ0v) is 10.3. The molecular formula is C11H6BrClFNO. The molecule has 1 aromatic carbocycles. The van der Waals surface area contributed by atoms with Gasteiger partial charge in [-0.15, -0.1) is 0 Å². The van der Waals surface area contributed by atoms with Gasteiger partial charge in [0.25, 0.3) is 0 Å². The summed E-state index contributed by atoms with van der Waals surface area (Å²) in [5.41, 5.74) is 0. The summed E-state index contributed by atoms with van der Waals surface area (Å²) in [4.78, 5) is 3.89. The van der Waals surface area contributed by atoms with E-state index < -0.39 is 5.82 Å². The average Bonchev–Trinajstić information content (AvgIpc) is 2.27. The van der Waals surface area contributed by atoms with Crippen molar-refractivity contribution in [2.75, 3.05) is 0 Å². The number of hydrogen-bond donors (Lipinski definition) is 0. The Kier molecular flexibility index (Phi) is 3.41. The van der Waals surface area contributed by atoms with Gasteiger partial charge in [0.15, 0.2) is 0 Å². The lowest BCUT2D eigenvalue weighted by atomic mass is 10.3. The van der Waals surface area contributed by atoms with Crippen molar-refractivity contribution >= 4 is 27.5 Å². The second-order valence-corrected chi connectivity index (χ2v) is 4.22. The topological polar surface area (TPSA) is 22.1 Å². The van der Waals surface area contributed by atoms with Gasteiger partial charge in [-0.1, -0.05) is 11.6 Å². The van der Waals surface area contributed by atoms with Crippen LogP contribution in [0.2, 0.25) is 5.02 Å². The molecule has 16 heavy (non-hydrogen) atoms. The van der Waals surface area contributed by atoms with Crippen molar-refractivity contribution in [3.63, 3.8) is 0 Å². The zero-order valence-electron chi connectivity index (χ0n) is 7.95. The van der Waals surface area contributed by atoms with Crippen LogP contribution in [0.3, 0.4) is 0 Å². The molecule has 5 heteroatoms. The largest absolute Gasteiger partial charge is 0.456 e. The number of rotatable bonds is 2. The van der Waals surface area contributed by atoms with Crippen molar-refractivity contribution in [1.29, 1.82) is 0 Å². The Morgan fingerprint density at radius 3 is 2.75 bits per heavy atom. The van der Waals surface area contributed by atoms with Gasteiger partial charge in [0.2, 0.25) is 0 Å². The summed E-state index contributed by atoms with van der Waals surface area (Å²) in [5.74, 6) is 0.368. The molecule has 2 rings (SSSR count). The van der Waals surface area contributed by atoms with Crippen LogP contribution >= 0.6 is 27.5 Å². The third-order valence-corrected chi connectivity index (χ3v) is 3.07. The Hall–Kier alpha value is -1.13. The van der Waals surface area contributed by atoms with Gasteiger partial charge in [0.1, 0.15) is 17.3 Å².